The van der Waals surface area contributed by atoms with E-state index in [0.29, 0.717) is 31.0 Å². The van der Waals surface area contributed by atoms with Crippen molar-refractivity contribution in [2.45, 2.75) is 56.9 Å². The van der Waals surface area contributed by atoms with Crippen molar-refractivity contribution in [3.8, 4) is 0 Å². The summed E-state index contributed by atoms with van der Waals surface area (Å²) in [5, 5.41) is 5.53. The average molecular weight is 476 g/mol. The second-order valence-corrected chi connectivity index (χ2v) is 9.88. The Morgan fingerprint density at radius 1 is 0.970 bits per heavy atom. The minimum Gasteiger partial charge on any atom is -0.468 e. The van der Waals surface area contributed by atoms with Crippen LogP contribution in [-0.4, -0.2) is 40.1 Å². The van der Waals surface area contributed by atoms with E-state index in [1.54, 1.807) is 12.1 Å². The Labute approximate surface area is 196 Å². The van der Waals surface area contributed by atoms with Gasteiger partial charge in [-0.2, -0.15) is 4.72 Å². The van der Waals surface area contributed by atoms with Crippen molar-refractivity contribution >= 4 is 27.7 Å². The van der Waals surface area contributed by atoms with Gasteiger partial charge in [0.05, 0.1) is 12.0 Å². The van der Waals surface area contributed by atoms with Crippen molar-refractivity contribution in [1.29, 1.82) is 0 Å². The maximum Gasteiger partial charge on any atom is 0.323 e. The highest BCUT2D eigenvalue weighted by molar-refractivity contribution is 7.89. The lowest BCUT2D eigenvalue weighted by molar-refractivity contribution is -0.142. The van der Waals surface area contributed by atoms with E-state index in [9.17, 15) is 18.0 Å². The number of urea groups is 1. The van der Waals surface area contributed by atoms with Gasteiger partial charge >= 0.3 is 12.0 Å². The molecule has 0 heterocycles. The quantitative estimate of drug-likeness (QED) is 0.337. The number of hydrogen-bond donors (Lipinski definition) is 3. The van der Waals surface area contributed by atoms with E-state index in [4.69, 9.17) is 4.74 Å². The van der Waals surface area contributed by atoms with Crippen LogP contribution in [-0.2, 0) is 19.6 Å². The molecule has 2 rings (SSSR count). The summed E-state index contributed by atoms with van der Waals surface area (Å²) in [7, 11) is -2.64. The topological polar surface area (TPSA) is 114 Å². The normalized spacial score (nSPS) is 12.3. The van der Waals surface area contributed by atoms with Crippen LogP contribution < -0.4 is 15.4 Å². The Morgan fingerprint density at radius 2 is 1.61 bits per heavy atom. The molecule has 8 nitrogen and oxygen atoms in total. The molecule has 0 spiro atoms. The summed E-state index contributed by atoms with van der Waals surface area (Å²) in [6, 6.07) is 12.7. The molecule has 0 aliphatic rings. The maximum absolute atomic E-state index is 12.6. The number of nitrogens with one attached hydrogen (secondary N) is 3. The van der Waals surface area contributed by atoms with Gasteiger partial charge in [-0.05, 0) is 61.9 Å². The van der Waals surface area contributed by atoms with Crippen molar-refractivity contribution in [3.63, 3.8) is 0 Å². The van der Waals surface area contributed by atoms with Crippen molar-refractivity contribution in [3.05, 3.63) is 59.7 Å². The molecule has 2 amide bonds. The largest absolute Gasteiger partial charge is 0.468 e. The molecule has 1 unspecified atom stereocenters. The van der Waals surface area contributed by atoms with E-state index in [1.165, 1.54) is 24.8 Å². The maximum atomic E-state index is 12.6. The van der Waals surface area contributed by atoms with Crippen molar-refractivity contribution in [1.82, 2.24) is 10.0 Å². The van der Waals surface area contributed by atoms with E-state index in [2.05, 4.69) is 29.2 Å². The van der Waals surface area contributed by atoms with Gasteiger partial charge in [-0.3, -0.25) is 4.79 Å². The molecular formula is C24H33N3O5S. The highest BCUT2D eigenvalue weighted by Crippen LogP contribution is 2.17. The highest BCUT2D eigenvalue weighted by atomic mass is 32.2. The molecule has 0 saturated heterocycles. The molecule has 0 saturated carbocycles. The fourth-order valence-electron chi connectivity index (χ4n) is 3.14. The van der Waals surface area contributed by atoms with Crippen LogP contribution in [0.25, 0.3) is 0 Å². The zero-order valence-electron chi connectivity index (χ0n) is 19.6. The lowest BCUT2D eigenvalue weighted by atomic mass is 10.0. The molecule has 3 N–H and O–H groups in total. The van der Waals surface area contributed by atoms with Crippen molar-refractivity contribution in [2.75, 3.05) is 19.0 Å². The summed E-state index contributed by atoms with van der Waals surface area (Å²) >= 11 is 0. The zero-order chi connectivity index (χ0) is 24.4. The fraction of sp³-hybridized carbons (Fsp3) is 0.417. The summed E-state index contributed by atoms with van der Waals surface area (Å²) in [6.07, 6.45) is 1.33. The fourth-order valence-corrected chi connectivity index (χ4v) is 4.36. The number of unbranched alkanes of at least 4 members (excludes halogenated alkanes) is 1. The molecule has 0 aliphatic heterocycles. The number of methoxy groups -OCH3 is 1. The third-order valence-corrected chi connectivity index (χ3v) is 6.64. The number of amides is 2. The van der Waals surface area contributed by atoms with E-state index < -0.39 is 22.0 Å². The van der Waals surface area contributed by atoms with Gasteiger partial charge in [0.15, 0.2) is 0 Å². The molecule has 180 valence electrons. The molecular weight excluding hydrogens is 442 g/mol. The Hall–Kier alpha value is -2.91. The first-order valence-corrected chi connectivity index (χ1v) is 12.4. The number of benzene rings is 2. The van der Waals surface area contributed by atoms with Gasteiger partial charge < -0.3 is 15.4 Å². The van der Waals surface area contributed by atoms with Crippen LogP contribution in [0, 0.1) is 6.92 Å². The van der Waals surface area contributed by atoms with Crippen LogP contribution in [0.5, 0.6) is 0 Å². The molecule has 0 aliphatic carbocycles. The summed E-state index contributed by atoms with van der Waals surface area (Å²) in [5.74, 6) is -0.232. The molecule has 0 fully saturated rings. The third-order valence-electron chi connectivity index (χ3n) is 5.15. The van der Waals surface area contributed by atoms with Crippen LogP contribution in [0.3, 0.4) is 0 Å². The number of carbonyl (C=O) groups excluding carboxylic acids is 2. The number of carbonyl (C=O) groups is 2. The first-order chi connectivity index (χ1) is 15.6. The van der Waals surface area contributed by atoms with E-state index in [-0.39, 0.29) is 17.3 Å². The van der Waals surface area contributed by atoms with Gasteiger partial charge in [-0.1, -0.05) is 43.7 Å². The standard InChI is InChI=1S/C24H33N3O5S/c1-17(2)19-10-12-20(13-11-19)26-24(29)25-16-6-5-7-22(23(28)32-4)27-33(30,31)21-14-8-18(3)9-15-21/h8-15,17,22,27H,5-7,16H2,1-4H3,(H2,25,26,29). The lowest BCUT2D eigenvalue weighted by Gasteiger charge is -2.17. The van der Waals surface area contributed by atoms with E-state index in [1.807, 2.05) is 31.2 Å². The van der Waals surface area contributed by atoms with Gasteiger partial charge in [-0.15, -0.1) is 0 Å². The van der Waals surface area contributed by atoms with Gasteiger partial charge in [0.1, 0.15) is 6.04 Å². The van der Waals surface area contributed by atoms with Crippen molar-refractivity contribution < 1.29 is 22.7 Å². The second kappa shape index (κ2) is 12.4. The first-order valence-electron chi connectivity index (χ1n) is 10.9. The number of aryl methyl sites for hydroxylation is 1. The second-order valence-electron chi connectivity index (χ2n) is 8.16. The minimum atomic E-state index is -3.86. The van der Waals surface area contributed by atoms with Gasteiger partial charge in [0.2, 0.25) is 10.0 Å². The Kier molecular flexibility index (Phi) is 9.87. The number of ether oxygens (including phenoxy) is 1. The minimum absolute atomic E-state index is 0.0850. The summed E-state index contributed by atoms with van der Waals surface area (Å²) in [5.41, 5.74) is 2.83. The number of rotatable bonds is 11. The molecule has 0 bridgehead atoms. The highest BCUT2D eigenvalue weighted by Gasteiger charge is 2.26. The van der Waals surface area contributed by atoms with Crippen LogP contribution in [0.2, 0.25) is 0 Å². The first kappa shape index (κ1) is 26.3. The summed E-state index contributed by atoms with van der Waals surface area (Å²) in [6.45, 7) is 6.45. The lowest BCUT2D eigenvalue weighted by Crippen LogP contribution is -2.41. The number of anilines is 1. The molecule has 1 atom stereocenters. The predicted molar refractivity (Wildman–Crippen MR) is 129 cm³/mol. The zero-order valence-corrected chi connectivity index (χ0v) is 20.4. The van der Waals surface area contributed by atoms with E-state index >= 15 is 0 Å². The molecule has 33 heavy (non-hydrogen) atoms. The van der Waals surface area contributed by atoms with Gasteiger partial charge in [0, 0.05) is 12.2 Å². The van der Waals surface area contributed by atoms with Gasteiger partial charge in [0.25, 0.3) is 0 Å². The summed E-state index contributed by atoms with van der Waals surface area (Å²) in [4.78, 5) is 24.2. The van der Waals surface area contributed by atoms with Crippen LogP contribution in [0.15, 0.2) is 53.4 Å². The molecule has 0 aromatic heterocycles. The van der Waals surface area contributed by atoms with Crippen LogP contribution in [0.1, 0.15) is 50.2 Å². The van der Waals surface area contributed by atoms with Crippen LogP contribution in [0.4, 0.5) is 10.5 Å². The van der Waals surface area contributed by atoms with Crippen molar-refractivity contribution in [2.24, 2.45) is 0 Å². The average Bonchev–Trinajstić information content (AvgIpc) is 2.78. The van der Waals surface area contributed by atoms with E-state index in [0.717, 1.165) is 5.56 Å². The number of hydrogen-bond acceptors (Lipinski definition) is 5. The molecule has 2 aromatic rings. The smallest absolute Gasteiger partial charge is 0.323 e. The Balaban J connectivity index is 1.80. The molecule has 0 radical (unpaired) electrons. The predicted octanol–water partition coefficient (Wildman–Crippen LogP) is 3.93. The Morgan fingerprint density at radius 3 is 2.18 bits per heavy atom. The molecule has 9 heteroatoms. The SMILES string of the molecule is COC(=O)C(CCCCNC(=O)Nc1ccc(C(C)C)cc1)NS(=O)(=O)c1ccc(C)cc1. The monoisotopic (exact) mass is 475 g/mol. The number of esters is 1. The summed E-state index contributed by atoms with van der Waals surface area (Å²) < 4.78 is 32.4. The van der Waals surface area contributed by atoms with Crippen LogP contribution >= 0.6 is 0 Å². The van der Waals surface area contributed by atoms with Gasteiger partial charge in [-0.25, -0.2) is 13.2 Å². The third kappa shape index (κ3) is 8.51. The molecule has 2 aromatic carbocycles. The number of sulfonamides is 1. The Bertz CT molecular complexity index is 1020.